The Kier molecular flexibility index (Phi) is 6.37. The lowest BCUT2D eigenvalue weighted by molar-refractivity contribution is -0.135. The van der Waals surface area contributed by atoms with Crippen LogP contribution in [0.1, 0.15) is 24.9 Å². The number of halogens is 1. The highest BCUT2D eigenvalue weighted by atomic mass is 35.5. The molecule has 0 saturated carbocycles. The first-order valence-corrected chi connectivity index (χ1v) is 8.45. The average Bonchev–Trinajstić information content (AvgIpc) is 2.98. The number of sulfonamides is 1. The van der Waals surface area contributed by atoms with Crippen molar-refractivity contribution in [3.05, 3.63) is 29.8 Å². The maximum atomic E-state index is 12.4. The number of nitrogens with zero attached hydrogens (tertiary/aromatic N) is 1. The van der Waals surface area contributed by atoms with Gasteiger partial charge in [0.05, 0.1) is 16.9 Å². The van der Waals surface area contributed by atoms with Crippen molar-refractivity contribution in [2.24, 2.45) is 11.1 Å². The second-order valence-electron chi connectivity index (χ2n) is 5.43. The fourth-order valence-corrected chi connectivity index (χ4v) is 3.02. The first kappa shape index (κ1) is 18.9. The number of carbonyl (C=O) groups is 1. The van der Waals surface area contributed by atoms with Gasteiger partial charge in [0, 0.05) is 13.6 Å². The molecule has 1 aromatic carbocycles. The number of hydrogen-bond acceptors (Lipinski definition) is 4. The second kappa shape index (κ2) is 7.41. The first-order chi connectivity index (χ1) is 9.80. The molecular formula is C14H22ClN3O3S. The van der Waals surface area contributed by atoms with Gasteiger partial charge in [0.25, 0.3) is 0 Å². The van der Waals surface area contributed by atoms with Gasteiger partial charge in [-0.15, -0.1) is 12.4 Å². The summed E-state index contributed by atoms with van der Waals surface area (Å²) in [5.74, 6) is 0.143. The Morgan fingerprint density at radius 1 is 1.36 bits per heavy atom. The molecule has 22 heavy (non-hydrogen) atoms. The summed E-state index contributed by atoms with van der Waals surface area (Å²) in [6.45, 7) is 3.52. The van der Waals surface area contributed by atoms with Gasteiger partial charge in [-0.1, -0.05) is 12.1 Å². The molecule has 1 aromatic rings. The molecule has 1 amide bonds. The number of carbonyl (C=O) groups excluding carboxylic acids is 1. The highest BCUT2D eigenvalue weighted by Gasteiger charge is 2.28. The zero-order chi connectivity index (χ0) is 15.6. The van der Waals surface area contributed by atoms with Crippen molar-refractivity contribution < 1.29 is 13.2 Å². The highest BCUT2D eigenvalue weighted by Crippen LogP contribution is 2.23. The van der Waals surface area contributed by atoms with Crippen LogP contribution in [0.2, 0.25) is 0 Å². The van der Waals surface area contributed by atoms with Gasteiger partial charge in [0.2, 0.25) is 15.9 Å². The Hall–Kier alpha value is -1.15. The van der Waals surface area contributed by atoms with Crippen LogP contribution < -0.4 is 10.5 Å². The average molecular weight is 348 g/mol. The molecule has 1 fully saturated rings. The molecule has 6 nitrogen and oxygen atoms in total. The molecule has 3 N–H and O–H groups in total. The fraction of sp³-hybridized carbons (Fsp3) is 0.500. The van der Waals surface area contributed by atoms with Gasteiger partial charge < -0.3 is 10.2 Å². The summed E-state index contributed by atoms with van der Waals surface area (Å²) < 4.78 is 22.5. The number of benzene rings is 1. The minimum atomic E-state index is -3.68. The fourth-order valence-electron chi connectivity index (χ4n) is 2.50. The van der Waals surface area contributed by atoms with Crippen LogP contribution in [0.4, 0.5) is 0 Å². The lowest BCUT2D eigenvalue weighted by Crippen LogP contribution is -2.35. The van der Waals surface area contributed by atoms with Gasteiger partial charge in [-0.25, -0.2) is 13.6 Å². The van der Waals surface area contributed by atoms with E-state index in [0.717, 1.165) is 25.1 Å². The summed E-state index contributed by atoms with van der Waals surface area (Å²) in [6, 6.07) is 6.21. The van der Waals surface area contributed by atoms with Gasteiger partial charge in [-0.2, -0.15) is 0 Å². The lowest BCUT2D eigenvalue weighted by Gasteiger charge is -2.27. The van der Waals surface area contributed by atoms with E-state index in [-0.39, 0.29) is 35.2 Å². The van der Waals surface area contributed by atoms with Crippen molar-refractivity contribution in [1.29, 1.82) is 0 Å². The molecular weight excluding hydrogens is 326 g/mol. The number of nitrogens with two attached hydrogens (primary N) is 1. The smallest absolute Gasteiger partial charge is 0.238 e. The van der Waals surface area contributed by atoms with Gasteiger partial charge in [0.1, 0.15) is 0 Å². The molecule has 124 valence electrons. The molecule has 0 spiro atoms. The van der Waals surface area contributed by atoms with Gasteiger partial charge in [-0.05, 0) is 37.6 Å². The Morgan fingerprint density at radius 2 is 1.95 bits per heavy atom. The summed E-state index contributed by atoms with van der Waals surface area (Å²) in [7, 11) is -1.91. The molecule has 2 unspecified atom stereocenters. The quantitative estimate of drug-likeness (QED) is 0.845. The highest BCUT2D eigenvalue weighted by molar-refractivity contribution is 7.89. The molecule has 0 bridgehead atoms. The Bertz CT molecular complexity index is 613. The predicted molar refractivity (Wildman–Crippen MR) is 87.2 cm³/mol. The summed E-state index contributed by atoms with van der Waals surface area (Å²) in [5.41, 5.74) is 0.879. The van der Waals surface area contributed by atoms with Gasteiger partial charge in [0.15, 0.2) is 0 Å². The molecule has 1 heterocycles. The summed E-state index contributed by atoms with van der Waals surface area (Å²) in [6.07, 6.45) is 0.861. The van der Waals surface area contributed by atoms with Crippen LogP contribution in [0.5, 0.6) is 0 Å². The maximum Gasteiger partial charge on any atom is 0.238 e. The lowest BCUT2D eigenvalue weighted by atomic mass is 10.0. The number of nitrogens with one attached hydrogen (secondary N) is 1. The van der Waals surface area contributed by atoms with Gasteiger partial charge >= 0.3 is 0 Å². The van der Waals surface area contributed by atoms with Crippen molar-refractivity contribution >= 4 is 28.3 Å². The van der Waals surface area contributed by atoms with Crippen LogP contribution in [0, 0.1) is 5.92 Å². The van der Waals surface area contributed by atoms with Crippen LogP contribution in [0.3, 0.4) is 0 Å². The molecule has 2 atom stereocenters. The largest absolute Gasteiger partial charge is 0.339 e. The minimum Gasteiger partial charge on any atom is -0.339 e. The molecule has 1 aliphatic rings. The van der Waals surface area contributed by atoms with Crippen LogP contribution in [0.15, 0.2) is 29.2 Å². The van der Waals surface area contributed by atoms with Crippen LogP contribution >= 0.6 is 12.4 Å². The SMILES string of the molecule is CC(c1ccc(S(N)(=O)=O)cc1)N(C)C(=O)C1CCNC1.Cl. The van der Waals surface area contributed by atoms with E-state index in [2.05, 4.69) is 5.32 Å². The third-order valence-electron chi connectivity index (χ3n) is 4.03. The number of amides is 1. The van der Waals surface area contributed by atoms with Crippen LogP contribution in [-0.4, -0.2) is 39.4 Å². The third-order valence-corrected chi connectivity index (χ3v) is 4.96. The molecule has 1 saturated heterocycles. The minimum absolute atomic E-state index is 0. The number of rotatable bonds is 4. The van der Waals surface area contributed by atoms with Crippen LogP contribution in [-0.2, 0) is 14.8 Å². The predicted octanol–water partition coefficient (Wildman–Crippen LogP) is 0.885. The van der Waals surface area contributed by atoms with Crippen molar-refractivity contribution in [3.63, 3.8) is 0 Å². The standard InChI is InChI=1S/C14H21N3O3S.ClH/c1-10(17(2)14(18)12-7-8-16-9-12)11-3-5-13(6-4-11)21(15,19)20;/h3-6,10,12,16H,7-9H2,1-2H3,(H2,15,19,20);1H. The summed E-state index contributed by atoms with van der Waals surface area (Å²) >= 11 is 0. The van der Waals surface area contributed by atoms with E-state index in [1.807, 2.05) is 6.92 Å². The van der Waals surface area contributed by atoms with Crippen molar-refractivity contribution in [2.75, 3.05) is 20.1 Å². The molecule has 0 radical (unpaired) electrons. The topological polar surface area (TPSA) is 92.5 Å². The van der Waals surface area contributed by atoms with Crippen LogP contribution in [0.25, 0.3) is 0 Å². The third kappa shape index (κ3) is 4.19. The zero-order valence-electron chi connectivity index (χ0n) is 12.7. The van der Waals surface area contributed by atoms with E-state index in [9.17, 15) is 13.2 Å². The van der Waals surface area contributed by atoms with Crippen molar-refractivity contribution in [1.82, 2.24) is 10.2 Å². The number of primary sulfonamides is 1. The normalized spacial score (nSPS) is 19.3. The van der Waals surface area contributed by atoms with E-state index < -0.39 is 10.0 Å². The van der Waals surface area contributed by atoms with E-state index in [0.29, 0.717) is 0 Å². The van der Waals surface area contributed by atoms with E-state index in [1.54, 1.807) is 24.1 Å². The molecule has 2 rings (SSSR count). The Balaban J connectivity index is 0.00000242. The Morgan fingerprint density at radius 3 is 2.41 bits per heavy atom. The van der Waals surface area contributed by atoms with Crippen molar-refractivity contribution in [3.8, 4) is 0 Å². The monoisotopic (exact) mass is 347 g/mol. The van der Waals surface area contributed by atoms with Gasteiger partial charge in [-0.3, -0.25) is 4.79 Å². The second-order valence-corrected chi connectivity index (χ2v) is 6.99. The zero-order valence-corrected chi connectivity index (χ0v) is 14.3. The number of hydrogen-bond donors (Lipinski definition) is 2. The van der Waals surface area contributed by atoms with E-state index >= 15 is 0 Å². The summed E-state index contributed by atoms with van der Waals surface area (Å²) in [4.78, 5) is 14.1. The van der Waals surface area contributed by atoms with Crippen molar-refractivity contribution in [2.45, 2.75) is 24.3 Å². The van der Waals surface area contributed by atoms with E-state index in [1.165, 1.54) is 12.1 Å². The summed E-state index contributed by atoms with van der Waals surface area (Å²) in [5, 5.41) is 8.26. The molecule has 8 heteroatoms. The molecule has 0 aliphatic carbocycles. The van der Waals surface area contributed by atoms with E-state index in [4.69, 9.17) is 5.14 Å². The molecule has 1 aliphatic heterocycles. The Labute approximate surface area is 137 Å². The maximum absolute atomic E-state index is 12.4. The molecule has 0 aromatic heterocycles. The first-order valence-electron chi connectivity index (χ1n) is 6.91.